The molecule has 20 heavy (non-hydrogen) atoms. The Morgan fingerprint density at radius 2 is 2.15 bits per heavy atom. The molecular formula is C15H19Cl2NO2. The molecule has 1 saturated heterocycles. The Balaban J connectivity index is 1.94. The first-order chi connectivity index (χ1) is 9.61. The van der Waals surface area contributed by atoms with E-state index in [1.165, 1.54) is 0 Å². The molecule has 0 spiro atoms. The van der Waals surface area contributed by atoms with Gasteiger partial charge in [0.1, 0.15) is 0 Å². The number of carbonyl (C=O) groups excluding carboxylic acids is 1. The van der Waals surface area contributed by atoms with Crippen molar-refractivity contribution in [2.75, 3.05) is 13.2 Å². The quantitative estimate of drug-likeness (QED) is 0.926. The maximum Gasteiger partial charge on any atom is 0.223 e. The number of aliphatic hydroxyl groups excluding tert-OH is 1. The zero-order chi connectivity index (χ0) is 14.5. The number of hydrogen-bond donors (Lipinski definition) is 1. The molecular weight excluding hydrogens is 297 g/mol. The van der Waals surface area contributed by atoms with Crippen LogP contribution >= 0.6 is 23.2 Å². The maximum atomic E-state index is 12.3. The van der Waals surface area contributed by atoms with Crippen molar-refractivity contribution in [2.45, 2.75) is 38.1 Å². The van der Waals surface area contributed by atoms with Crippen LogP contribution in [0, 0.1) is 0 Å². The lowest BCUT2D eigenvalue weighted by atomic mass is 10.0. The smallest absolute Gasteiger partial charge is 0.223 e. The first kappa shape index (κ1) is 15.6. The molecule has 1 unspecified atom stereocenters. The number of benzene rings is 1. The van der Waals surface area contributed by atoms with Crippen molar-refractivity contribution in [1.82, 2.24) is 4.90 Å². The third kappa shape index (κ3) is 3.87. The molecule has 3 nitrogen and oxygen atoms in total. The molecule has 5 heteroatoms. The van der Waals surface area contributed by atoms with Gasteiger partial charge in [-0.1, -0.05) is 29.3 Å². The number of rotatable bonds is 4. The fraction of sp³-hybridized carbons (Fsp3) is 0.533. The Morgan fingerprint density at radius 3 is 2.85 bits per heavy atom. The predicted octanol–water partition coefficient (Wildman–Crippen LogP) is 3.30. The molecule has 1 N–H and O–H groups in total. The Bertz CT molecular complexity index is 479. The van der Waals surface area contributed by atoms with Gasteiger partial charge in [-0.25, -0.2) is 0 Å². The van der Waals surface area contributed by atoms with Gasteiger partial charge in [0.2, 0.25) is 5.91 Å². The fourth-order valence-corrected chi connectivity index (χ4v) is 3.13. The molecule has 1 aliphatic rings. The molecule has 0 aliphatic carbocycles. The Labute approximate surface area is 129 Å². The van der Waals surface area contributed by atoms with Crippen LogP contribution in [0.4, 0.5) is 0 Å². The van der Waals surface area contributed by atoms with Gasteiger partial charge in [0.25, 0.3) is 0 Å². The summed E-state index contributed by atoms with van der Waals surface area (Å²) in [5.41, 5.74) is 0.932. The molecule has 1 atom stereocenters. The summed E-state index contributed by atoms with van der Waals surface area (Å²) in [6, 6.07) is 5.32. The fourth-order valence-electron chi connectivity index (χ4n) is 2.63. The van der Waals surface area contributed by atoms with Gasteiger partial charge < -0.3 is 10.0 Å². The van der Waals surface area contributed by atoms with E-state index in [2.05, 4.69) is 0 Å². The molecule has 1 fully saturated rings. The molecule has 110 valence electrons. The number of likely N-dealkylation sites (tertiary alicyclic amines) is 1. The molecule has 1 amide bonds. The number of aliphatic hydroxyl groups is 1. The summed E-state index contributed by atoms with van der Waals surface area (Å²) in [5.74, 6) is 0.0924. The van der Waals surface area contributed by atoms with E-state index in [4.69, 9.17) is 23.2 Å². The molecule has 1 aromatic rings. The lowest BCUT2D eigenvalue weighted by Gasteiger charge is -2.34. The Hall–Kier alpha value is -0.770. The first-order valence-electron chi connectivity index (χ1n) is 6.96. The average Bonchev–Trinajstić information content (AvgIpc) is 2.46. The third-order valence-corrected chi connectivity index (χ3v) is 4.37. The minimum Gasteiger partial charge on any atom is -0.394 e. The molecule has 0 aromatic heterocycles. The van der Waals surface area contributed by atoms with Gasteiger partial charge in [0.05, 0.1) is 12.6 Å². The van der Waals surface area contributed by atoms with Gasteiger partial charge in [0.15, 0.2) is 0 Å². The van der Waals surface area contributed by atoms with Gasteiger partial charge in [-0.15, -0.1) is 0 Å². The van der Waals surface area contributed by atoms with Crippen molar-refractivity contribution >= 4 is 29.1 Å². The van der Waals surface area contributed by atoms with E-state index in [-0.39, 0.29) is 18.6 Å². The standard InChI is InChI=1S/C15H19Cl2NO2/c16-12-6-4-11(14(17)9-12)5-7-15(20)18-8-2-1-3-13(18)10-19/h4,6,9,13,19H,1-3,5,7-8,10H2. The van der Waals surface area contributed by atoms with E-state index in [0.717, 1.165) is 31.4 Å². The molecule has 1 aromatic carbocycles. The summed E-state index contributed by atoms with van der Waals surface area (Å²) < 4.78 is 0. The highest BCUT2D eigenvalue weighted by Crippen LogP contribution is 2.23. The third-order valence-electron chi connectivity index (χ3n) is 3.78. The molecule has 1 aliphatic heterocycles. The number of carbonyl (C=O) groups is 1. The van der Waals surface area contributed by atoms with Crippen molar-refractivity contribution < 1.29 is 9.90 Å². The number of nitrogens with zero attached hydrogens (tertiary/aromatic N) is 1. The summed E-state index contributed by atoms with van der Waals surface area (Å²) in [7, 11) is 0. The summed E-state index contributed by atoms with van der Waals surface area (Å²) in [6.07, 6.45) is 4.01. The summed E-state index contributed by atoms with van der Waals surface area (Å²) in [4.78, 5) is 14.1. The monoisotopic (exact) mass is 315 g/mol. The van der Waals surface area contributed by atoms with Crippen molar-refractivity contribution in [2.24, 2.45) is 0 Å². The van der Waals surface area contributed by atoms with Crippen LogP contribution in [0.2, 0.25) is 10.0 Å². The van der Waals surface area contributed by atoms with Crippen molar-refractivity contribution in [1.29, 1.82) is 0 Å². The average molecular weight is 316 g/mol. The van der Waals surface area contributed by atoms with Gasteiger partial charge in [-0.2, -0.15) is 0 Å². The van der Waals surface area contributed by atoms with Gasteiger partial charge >= 0.3 is 0 Å². The van der Waals surface area contributed by atoms with Crippen LogP contribution in [0.25, 0.3) is 0 Å². The van der Waals surface area contributed by atoms with Crippen LogP contribution in [0.15, 0.2) is 18.2 Å². The molecule has 2 rings (SSSR count). The number of halogens is 2. The molecule has 1 heterocycles. The van der Waals surface area contributed by atoms with Crippen LogP contribution in [0.3, 0.4) is 0 Å². The van der Waals surface area contributed by atoms with E-state index in [1.807, 2.05) is 11.0 Å². The second-order valence-electron chi connectivity index (χ2n) is 5.16. The lowest BCUT2D eigenvalue weighted by molar-refractivity contribution is -0.135. The van der Waals surface area contributed by atoms with Crippen LogP contribution < -0.4 is 0 Å². The van der Waals surface area contributed by atoms with E-state index in [0.29, 0.717) is 22.9 Å². The van der Waals surface area contributed by atoms with Crippen molar-refractivity contribution in [3.63, 3.8) is 0 Å². The second-order valence-corrected chi connectivity index (χ2v) is 6.00. The molecule has 0 saturated carbocycles. The van der Waals surface area contributed by atoms with Crippen LogP contribution in [-0.4, -0.2) is 35.1 Å². The SMILES string of the molecule is O=C(CCc1ccc(Cl)cc1Cl)N1CCCCC1CO. The highest BCUT2D eigenvalue weighted by atomic mass is 35.5. The zero-order valence-corrected chi connectivity index (χ0v) is 12.8. The number of hydrogen-bond acceptors (Lipinski definition) is 2. The van der Waals surface area contributed by atoms with Crippen LogP contribution in [0.1, 0.15) is 31.2 Å². The minimum absolute atomic E-state index is 0.0167. The second kappa shape index (κ2) is 7.30. The predicted molar refractivity (Wildman–Crippen MR) is 81.2 cm³/mol. The minimum atomic E-state index is -0.0167. The molecule has 0 bridgehead atoms. The normalized spacial score (nSPS) is 19.1. The van der Waals surface area contributed by atoms with Crippen molar-refractivity contribution in [3.8, 4) is 0 Å². The van der Waals surface area contributed by atoms with E-state index < -0.39 is 0 Å². The van der Waals surface area contributed by atoms with E-state index in [1.54, 1.807) is 12.1 Å². The maximum absolute atomic E-state index is 12.3. The van der Waals surface area contributed by atoms with E-state index >= 15 is 0 Å². The highest BCUT2D eigenvalue weighted by molar-refractivity contribution is 6.35. The number of amides is 1. The first-order valence-corrected chi connectivity index (χ1v) is 7.71. The molecule has 0 radical (unpaired) electrons. The topological polar surface area (TPSA) is 40.5 Å². The largest absolute Gasteiger partial charge is 0.394 e. The summed E-state index contributed by atoms with van der Waals surface area (Å²) in [5, 5.41) is 10.5. The highest BCUT2D eigenvalue weighted by Gasteiger charge is 2.25. The number of aryl methyl sites for hydroxylation is 1. The Kier molecular flexibility index (Phi) is 5.70. The zero-order valence-electron chi connectivity index (χ0n) is 11.3. The lowest BCUT2D eigenvalue weighted by Crippen LogP contribution is -2.45. The Morgan fingerprint density at radius 1 is 1.35 bits per heavy atom. The van der Waals surface area contributed by atoms with Crippen LogP contribution in [-0.2, 0) is 11.2 Å². The van der Waals surface area contributed by atoms with E-state index in [9.17, 15) is 9.90 Å². The number of piperidine rings is 1. The van der Waals surface area contributed by atoms with Crippen LogP contribution in [0.5, 0.6) is 0 Å². The van der Waals surface area contributed by atoms with Crippen molar-refractivity contribution in [3.05, 3.63) is 33.8 Å². The summed E-state index contributed by atoms with van der Waals surface area (Å²) in [6.45, 7) is 0.797. The van der Waals surface area contributed by atoms with Gasteiger partial charge in [-0.05, 0) is 43.4 Å². The van der Waals surface area contributed by atoms with Gasteiger partial charge in [-0.3, -0.25) is 4.79 Å². The summed E-state index contributed by atoms with van der Waals surface area (Å²) >= 11 is 12.0. The van der Waals surface area contributed by atoms with Gasteiger partial charge in [0, 0.05) is 23.0 Å².